The zero-order valence-corrected chi connectivity index (χ0v) is 7.05. The molecule has 1 N–H and O–H groups in total. The average molecular weight is 207 g/mol. The van der Waals surface area contributed by atoms with E-state index < -0.39 is 23.5 Å². The molecule has 13 heavy (non-hydrogen) atoms. The number of halogens is 3. The lowest BCUT2D eigenvalue weighted by Crippen LogP contribution is -2.08. The van der Waals surface area contributed by atoms with Crippen molar-refractivity contribution in [2.75, 3.05) is 0 Å². The smallest absolute Gasteiger partial charge is 0.343 e. The van der Waals surface area contributed by atoms with Crippen molar-refractivity contribution in [2.24, 2.45) is 0 Å². The van der Waals surface area contributed by atoms with Crippen molar-refractivity contribution in [1.29, 1.82) is 0 Å². The van der Waals surface area contributed by atoms with E-state index in [4.69, 9.17) is 16.7 Å². The SMILES string of the molecule is O=C(O)C(F)c1c(F)cccc1Cl. The summed E-state index contributed by atoms with van der Waals surface area (Å²) < 4.78 is 25.7. The Morgan fingerprint density at radius 1 is 1.54 bits per heavy atom. The van der Waals surface area contributed by atoms with Crippen LogP contribution in [-0.2, 0) is 4.79 Å². The lowest BCUT2D eigenvalue weighted by molar-refractivity contribution is -0.143. The average Bonchev–Trinajstić information content (AvgIpc) is 2.03. The third-order valence-electron chi connectivity index (χ3n) is 1.47. The number of hydrogen-bond acceptors (Lipinski definition) is 1. The summed E-state index contributed by atoms with van der Waals surface area (Å²) in [6.45, 7) is 0. The van der Waals surface area contributed by atoms with Crippen molar-refractivity contribution < 1.29 is 18.7 Å². The normalized spacial score (nSPS) is 12.5. The van der Waals surface area contributed by atoms with Gasteiger partial charge in [-0.2, -0.15) is 0 Å². The molecule has 0 bridgehead atoms. The van der Waals surface area contributed by atoms with Crippen LogP contribution in [0, 0.1) is 5.82 Å². The highest BCUT2D eigenvalue weighted by Gasteiger charge is 2.24. The largest absolute Gasteiger partial charge is 0.479 e. The van der Waals surface area contributed by atoms with Crippen LogP contribution in [-0.4, -0.2) is 11.1 Å². The standard InChI is InChI=1S/C8H5ClF2O2/c9-4-2-1-3-5(10)6(4)7(11)8(12)13/h1-3,7H,(H,12,13). The van der Waals surface area contributed by atoms with Crippen molar-refractivity contribution in [3.05, 3.63) is 34.6 Å². The summed E-state index contributed by atoms with van der Waals surface area (Å²) in [6.07, 6.45) is -2.42. The molecule has 0 saturated heterocycles. The first-order valence-electron chi connectivity index (χ1n) is 3.35. The molecule has 0 amide bonds. The fraction of sp³-hybridized carbons (Fsp3) is 0.125. The van der Waals surface area contributed by atoms with Gasteiger partial charge in [0.2, 0.25) is 6.17 Å². The van der Waals surface area contributed by atoms with Gasteiger partial charge < -0.3 is 5.11 Å². The molecule has 1 aromatic rings. The van der Waals surface area contributed by atoms with Crippen LogP contribution in [0.2, 0.25) is 5.02 Å². The zero-order chi connectivity index (χ0) is 10.0. The summed E-state index contributed by atoms with van der Waals surface area (Å²) in [4.78, 5) is 10.2. The Balaban J connectivity index is 3.20. The quantitative estimate of drug-likeness (QED) is 0.808. The van der Waals surface area contributed by atoms with E-state index in [1.165, 1.54) is 12.1 Å². The molecule has 0 radical (unpaired) electrons. The second-order valence-corrected chi connectivity index (χ2v) is 2.74. The van der Waals surface area contributed by atoms with Gasteiger partial charge in [0.1, 0.15) is 5.82 Å². The van der Waals surface area contributed by atoms with E-state index in [0.29, 0.717) is 0 Å². The van der Waals surface area contributed by atoms with Crippen molar-refractivity contribution in [2.45, 2.75) is 6.17 Å². The maximum atomic E-state index is 12.9. The molecule has 2 nitrogen and oxygen atoms in total. The van der Waals surface area contributed by atoms with E-state index in [2.05, 4.69) is 0 Å². The number of hydrogen-bond donors (Lipinski definition) is 1. The van der Waals surface area contributed by atoms with Gasteiger partial charge in [0.25, 0.3) is 0 Å². The van der Waals surface area contributed by atoms with E-state index in [9.17, 15) is 13.6 Å². The Kier molecular flexibility index (Phi) is 2.83. The highest BCUT2D eigenvalue weighted by Crippen LogP contribution is 2.28. The first-order valence-corrected chi connectivity index (χ1v) is 3.72. The van der Waals surface area contributed by atoms with Crippen LogP contribution < -0.4 is 0 Å². The van der Waals surface area contributed by atoms with Crippen LogP contribution in [0.4, 0.5) is 8.78 Å². The fourth-order valence-electron chi connectivity index (χ4n) is 0.876. The molecular formula is C8H5ClF2O2. The number of rotatable bonds is 2. The molecule has 0 aliphatic carbocycles. The highest BCUT2D eigenvalue weighted by molar-refractivity contribution is 6.31. The van der Waals surface area contributed by atoms with Crippen LogP contribution in [0.3, 0.4) is 0 Å². The Labute approximate surface area is 77.8 Å². The summed E-state index contributed by atoms with van der Waals surface area (Å²) in [5.41, 5.74) is -0.628. The number of aliphatic carboxylic acids is 1. The number of carboxylic acid groups (broad SMARTS) is 1. The minimum absolute atomic E-state index is 0.227. The monoisotopic (exact) mass is 206 g/mol. The van der Waals surface area contributed by atoms with E-state index in [1.54, 1.807) is 0 Å². The Hall–Kier alpha value is -1.16. The molecule has 0 heterocycles. The van der Waals surface area contributed by atoms with Crippen LogP contribution in [0.5, 0.6) is 0 Å². The Morgan fingerprint density at radius 3 is 2.62 bits per heavy atom. The Bertz CT molecular complexity index is 321. The van der Waals surface area contributed by atoms with Crippen LogP contribution in [0.25, 0.3) is 0 Å². The number of carboxylic acids is 1. The molecule has 5 heteroatoms. The molecule has 1 rings (SSSR count). The highest BCUT2D eigenvalue weighted by atomic mass is 35.5. The second kappa shape index (κ2) is 3.70. The first-order chi connectivity index (χ1) is 6.04. The zero-order valence-electron chi connectivity index (χ0n) is 6.30. The molecule has 0 spiro atoms. The molecular weight excluding hydrogens is 202 g/mol. The second-order valence-electron chi connectivity index (χ2n) is 2.34. The third-order valence-corrected chi connectivity index (χ3v) is 1.80. The van der Waals surface area contributed by atoms with Crippen molar-refractivity contribution in [1.82, 2.24) is 0 Å². The molecule has 1 unspecified atom stereocenters. The predicted octanol–water partition coefficient (Wildman–Crippen LogP) is 2.57. The van der Waals surface area contributed by atoms with Gasteiger partial charge in [0.05, 0.1) is 10.6 Å². The molecule has 0 fully saturated rings. The summed E-state index contributed by atoms with van der Waals surface area (Å²) in [6, 6.07) is 3.46. The molecule has 0 aromatic heterocycles. The molecule has 70 valence electrons. The third kappa shape index (κ3) is 1.95. The van der Waals surface area contributed by atoms with Crippen LogP contribution in [0.15, 0.2) is 18.2 Å². The van der Waals surface area contributed by atoms with Gasteiger partial charge in [-0.05, 0) is 12.1 Å². The topological polar surface area (TPSA) is 37.3 Å². The van der Waals surface area contributed by atoms with Gasteiger partial charge in [0.15, 0.2) is 0 Å². The van der Waals surface area contributed by atoms with Crippen LogP contribution >= 0.6 is 11.6 Å². The number of carbonyl (C=O) groups is 1. The van der Waals surface area contributed by atoms with Gasteiger partial charge in [0, 0.05) is 0 Å². The lowest BCUT2D eigenvalue weighted by Gasteiger charge is -2.06. The van der Waals surface area contributed by atoms with Crippen molar-refractivity contribution in [3.63, 3.8) is 0 Å². The number of alkyl halides is 1. The molecule has 0 aliphatic heterocycles. The van der Waals surface area contributed by atoms with Crippen molar-refractivity contribution >= 4 is 17.6 Å². The number of benzene rings is 1. The van der Waals surface area contributed by atoms with E-state index >= 15 is 0 Å². The first kappa shape index (κ1) is 9.92. The lowest BCUT2D eigenvalue weighted by atomic mass is 10.1. The van der Waals surface area contributed by atoms with E-state index in [-0.39, 0.29) is 5.02 Å². The summed E-state index contributed by atoms with van der Waals surface area (Å²) >= 11 is 5.43. The van der Waals surface area contributed by atoms with E-state index in [1.807, 2.05) is 0 Å². The molecule has 1 aromatic carbocycles. The molecule has 0 saturated carbocycles. The summed E-state index contributed by atoms with van der Waals surface area (Å²) in [7, 11) is 0. The maximum absolute atomic E-state index is 12.9. The van der Waals surface area contributed by atoms with Crippen molar-refractivity contribution in [3.8, 4) is 0 Å². The summed E-state index contributed by atoms with van der Waals surface area (Å²) in [5, 5.41) is 8.06. The predicted molar refractivity (Wildman–Crippen MR) is 42.9 cm³/mol. The minimum atomic E-state index is -2.42. The van der Waals surface area contributed by atoms with Gasteiger partial charge in [-0.3, -0.25) is 0 Å². The fourth-order valence-corrected chi connectivity index (χ4v) is 1.14. The maximum Gasteiger partial charge on any atom is 0.343 e. The van der Waals surface area contributed by atoms with Gasteiger partial charge >= 0.3 is 5.97 Å². The van der Waals surface area contributed by atoms with Gasteiger partial charge in [-0.25, -0.2) is 13.6 Å². The molecule has 1 atom stereocenters. The molecule has 0 aliphatic rings. The van der Waals surface area contributed by atoms with Crippen LogP contribution in [0.1, 0.15) is 11.7 Å². The Morgan fingerprint density at radius 2 is 2.15 bits per heavy atom. The minimum Gasteiger partial charge on any atom is -0.479 e. The summed E-state index contributed by atoms with van der Waals surface area (Å²) in [5.74, 6) is -2.71. The van der Waals surface area contributed by atoms with Gasteiger partial charge in [-0.15, -0.1) is 0 Å². The van der Waals surface area contributed by atoms with E-state index in [0.717, 1.165) is 6.07 Å². The van der Waals surface area contributed by atoms with Gasteiger partial charge in [-0.1, -0.05) is 17.7 Å².